The van der Waals surface area contributed by atoms with E-state index >= 15 is 0 Å². The van der Waals surface area contributed by atoms with Gasteiger partial charge in [-0.1, -0.05) is 25.6 Å². The summed E-state index contributed by atoms with van der Waals surface area (Å²) < 4.78 is 0. The molecular weight excluding hydrogens is 256 g/mol. The normalized spacial score (nSPS) is 30.7. The molecule has 2 aliphatic rings. The van der Waals surface area contributed by atoms with Crippen LogP contribution in [-0.2, 0) is 0 Å². The molecule has 5 heteroatoms. The average Bonchev–Trinajstić information content (AvgIpc) is 2.84. The molecule has 0 aliphatic carbocycles. The summed E-state index contributed by atoms with van der Waals surface area (Å²) in [6.07, 6.45) is 2.36. The number of amidine groups is 1. The highest BCUT2D eigenvalue weighted by molar-refractivity contribution is 8.14. The lowest BCUT2D eigenvalue weighted by atomic mass is 9.96. The molecule has 0 aromatic carbocycles. The van der Waals surface area contributed by atoms with E-state index in [1.165, 1.54) is 25.1 Å². The minimum absolute atomic E-state index is 0.290. The van der Waals surface area contributed by atoms with Crippen molar-refractivity contribution in [2.45, 2.75) is 38.3 Å². The van der Waals surface area contributed by atoms with Crippen molar-refractivity contribution < 1.29 is 0 Å². The predicted octanol–water partition coefficient (Wildman–Crippen LogP) is 1.48. The molecule has 2 fully saturated rings. The molecule has 0 radical (unpaired) electrons. The van der Waals surface area contributed by atoms with Gasteiger partial charge in [0, 0.05) is 37.0 Å². The van der Waals surface area contributed by atoms with Crippen LogP contribution >= 0.6 is 11.8 Å². The van der Waals surface area contributed by atoms with E-state index in [9.17, 15) is 0 Å². The number of piperazine rings is 1. The van der Waals surface area contributed by atoms with Crippen molar-refractivity contribution in [1.29, 1.82) is 0 Å². The van der Waals surface area contributed by atoms with E-state index in [4.69, 9.17) is 4.99 Å². The summed E-state index contributed by atoms with van der Waals surface area (Å²) >= 11 is 1.90. The Morgan fingerprint density at radius 3 is 2.68 bits per heavy atom. The molecule has 1 atom stereocenters. The summed E-state index contributed by atoms with van der Waals surface area (Å²) in [5.74, 6) is 1.17. The Bertz CT molecular complexity index is 327. The second kappa shape index (κ2) is 6.46. The Hall–Kier alpha value is -0.260. The maximum atomic E-state index is 4.82. The van der Waals surface area contributed by atoms with Gasteiger partial charge < -0.3 is 10.2 Å². The zero-order chi connectivity index (χ0) is 13.9. The minimum Gasteiger partial charge on any atom is -0.359 e. The molecule has 0 aromatic heterocycles. The number of thioether (sulfide) groups is 1. The Morgan fingerprint density at radius 1 is 1.32 bits per heavy atom. The Balaban J connectivity index is 1.89. The van der Waals surface area contributed by atoms with Gasteiger partial charge in [-0.15, -0.1) is 0 Å². The number of nitrogens with zero attached hydrogens (tertiary/aromatic N) is 3. The van der Waals surface area contributed by atoms with E-state index in [0.29, 0.717) is 11.6 Å². The number of likely N-dealkylation sites (N-methyl/N-ethyl adjacent to an activating group) is 2. The Morgan fingerprint density at radius 2 is 2.05 bits per heavy atom. The Labute approximate surface area is 122 Å². The van der Waals surface area contributed by atoms with Crippen molar-refractivity contribution in [3.05, 3.63) is 0 Å². The van der Waals surface area contributed by atoms with Crippen LogP contribution in [0.1, 0.15) is 26.7 Å². The molecule has 19 heavy (non-hydrogen) atoms. The van der Waals surface area contributed by atoms with Crippen molar-refractivity contribution >= 4 is 16.9 Å². The van der Waals surface area contributed by atoms with Crippen LogP contribution in [0.15, 0.2) is 4.99 Å². The van der Waals surface area contributed by atoms with E-state index in [-0.39, 0.29) is 0 Å². The summed E-state index contributed by atoms with van der Waals surface area (Å²) in [5, 5.41) is 4.81. The molecule has 0 aromatic rings. The zero-order valence-corrected chi connectivity index (χ0v) is 13.6. The first-order chi connectivity index (χ1) is 9.08. The lowest BCUT2D eigenvalue weighted by Crippen LogP contribution is -2.51. The second-order valence-corrected chi connectivity index (χ2v) is 6.91. The third-order valence-corrected chi connectivity index (χ3v) is 5.84. The second-order valence-electron chi connectivity index (χ2n) is 5.94. The molecule has 4 nitrogen and oxygen atoms in total. The molecule has 110 valence electrons. The fraction of sp³-hybridized carbons (Fsp3) is 0.929. The summed E-state index contributed by atoms with van der Waals surface area (Å²) in [4.78, 5) is 9.67. The highest BCUT2D eigenvalue weighted by Gasteiger charge is 2.34. The standard InChI is InChI=1S/C14H28N4S/c1-5-14(6-2)11-19-13(16-14)15-9-12-10-17(3)7-8-18(12)4/h12H,5-11H2,1-4H3,(H,15,16). The third-order valence-electron chi connectivity index (χ3n) is 4.64. The minimum atomic E-state index is 0.290. The number of nitrogens with one attached hydrogen (secondary N) is 1. The van der Waals surface area contributed by atoms with Crippen LogP contribution in [0.5, 0.6) is 0 Å². The first-order valence-electron chi connectivity index (χ1n) is 7.43. The Kier molecular flexibility index (Phi) is 5.15. The number of hydrogen-bond donors (Lipinski definition) is 1. The number of aliphatic imine (C=N–C) groups is 1. The van der Waals surface area contributed by atoms with Crippen molar-refractivity contribution in [2.75, 3.05) is 46.0 Å². The van der Waals surface area contributed by atoms with Gasteiger partial charge in [-0.05, 0) is 26.9 Å². The van der Waals surface area contributed by atoms with Crippen LogP contribution < -0.4 is 5.32 Å². The van der Waals surface area contributed by atoms with Gasteiger partial charge in [0.15, 0.2) is 5.17 Å². The highest BCUT2D eigenvalue weighted by Crippen LogP contribution is 2.28. The van der Waals surface area contributed by atoms with Gasteiger partial charge in [0.25, 0.3) is 0 Å². The molecule has 2 rings (SSSR count). The van der Waals surface area contributed by atoms with Gasteiger partial charge in [-0.25, -0.2) is 0 Å². The largest absolute Gasteiger partial charge is 0.359 e. The summed E-state index contributed by atoms with van der Waals surface area (Å²) in [6, 6.07) is 0.562. The molecule has 0 saturated carbocycles. The summed E-state index contributed by atoms with van der Waals surface area (Å²) in [6.45, 7) is 8.91. The van der Waals surface area contributed by atoms with Crippen LogP contribution in [0.4, 0.5) is 0 Å². The third kappa shape index (κ3) is 3.64. The maximum absolute atomic E-state index is 4.82. The van der Waals surface area contributed by atoms with E-state index in [1.54, 1.807) is 0 Å². The molecular formula is C14H28N4S. The van der Waals surface area contributed by atoms with E-state index in [0.717, 1.165) is 24.8 Å². The average molecular weight is 284 g/mol. The number of hydrogen-bond acceptors (Lipinski definition) is 4. The van der Waals surface area contributed by atoms with E-state index in [1.807, 2.05) is 11.8 Å². The van der Waals surface area contributed by atoms with Gasteiger partial charge in [0.1, 0.15) is 0 Å². The highest BCUT2D eigenvalue weighted by atomic mass is 32.2. The van der Waals surface area contributed by atoms with Gasteiger partial charge in [0.05, 0.1) is 6.54 Å². The first-order valence-corrected chi connectivity index (χ1v) is 8.41. The zero-order valence-electron chi connectivity index (χ0n) is 12.8. The topological polar surface area (TPSA) is 30.9 Å². The van der Waals surface area contributed by atoms with Gasteiger partial charge in [-0.2, -0.15) is 0 Å². The fourth-order valence-electron chi connectivity index (χ4n) is 2.71. The van der Waals surface area contributed by atoms with Crippen molar-refractivity contribution in [2.24, 2.45) is 4.99 Å². The van der Waals surface area contributed by atoms with Crippen LogP contribution in [0.3, 0.4) is 0 Å². The molecule has 2 heterocycles. The van der Waals surface area contributed by atoms with Crippen LogP contribution in [0.2, 0.25) is 0 Å². The monoisotopic (exact) mass is 284 g/mol. The quantitative estimate of drug-likeness (QED) is 0.847. The molecule has 2 saturated heterocycles. The van der Waals surface area contributed by atoms with Gasteiger partial charge in [0.2, 0.25) is 0 Å². The van der Waals surface area contributed by atoms with Crippen molar-refractivity contribution in [1.82, 2.24) is 15.1 Å². The molecule has 1 unspecified atom stereocenters. The molecule has 0 bridgehead atoms. The van der Waals surface area contributed by atoms with E-state index < -0.39 is 0 Å². The predicted molar refractivity (Wildman–Crippen MR) is 85.1 cm³/mol. The number of rotatable bonds is 4. The molecule has 2 aliphatic heterocycles. The van der Waals surface area contributed by atoms with Crippen LogP contribution in [-0.4, -0.2) is 72.6 Å². The summed E-state index contributed by atoms with van der Waals surface area (Å²) in [7, 11) is 4.42. The molecule has 0 spiro atoms. The molecule has 0 amide bonds. The van der Waals surface area contributed by atoms with Crippen LogP contribution in [0.25, 0.3) is 0 Å². The smallest absolute Gasteiger partial charge is 0.157 e. The van der Waals surface area contributed by atoms with E-state index in [2.05, 4.69) is 43.1 Å². The maximum Gasteiger partial charge on any atom is 0.157 e. The van der Waals surface area contributed by atoms with Crippen molar-refractivity contribution in [3.63, 3.8) is 0 Å². The molecule has 1 N–H and O–H groups in total. The lowest BCUT2D eigenvalue weighted by Gasteiger charge is -2.36. The first kappa shape index (κ1) is 15.1. The SMILES string of the molecule is CCC1(CC)CSC(=NCC2CN(C)CCN2C)N1. The van der Waals surface area contributed by atoms with Gasteiger partial charge in [-0.3, -0.25) is 9.89 Å². The fourth-order valence-corrected chi connectivity index (χ4v) is 4.06. The van der Waals surface area contributed by atoms with Crippen molar-refractivity contribution in [3.8, 4) is 0 Å². The summed E-state index contributed by atoms with van der Waals surface area (Å²) in [5.41, 5.74) is 0.290. The lowest BCUT2D eigenvalue weighted by molar-refractivity contribution is 0.119. The van der Waals surface area contributed by atoms with Crippen LogP contribution in [0, 0.1) is 0 Å². The van der Waals surface area contributed by atoms with Gasteiger partial charge >= 0.3 is 0 Å².